The Balaban J connectivity index is 1.38. The second kappa shape index (κ2) is 8.39. The number of rotatable bonds is 4. The molecular weight excluding hydrogens is 454 g/mol. The highest BCUT2D eigenvalue weighted by Gasteiger charge is 2.44. The Bertz CT molecular complexity index is 1500. The van der Waals surface area contributed by atoms with Gasteiger partial charge in [0.15, 0.2) is 5.69 Å². The average Bonchev–Trinajstić information content (AvgIpc) is 3.37. The normalized spacial score (nSPS) is 17.0. The lowest BCUT2D eigenvalue weighted by Gasteiger charge is -2.40. The molecule has 0 radical (unpaired) electrons. The van der Waals surface area contributed by atoms with Gasteiger partial charge >= 0.3 is 0 Å². The molecule has 0 bridgehead atoms. The van der Waals surface area contributed by atoms with Gasteiger partial charge in [0.2, 0.25) is 0 Å². The standard InChI is InChI=1S/C27H29N7O2/c1-16-13-19(25(26(28)35)32-23(16)17-5-4-6-21-24(17)29-15-33(21)2)30-22-8-7-18-20(31-22)14-34(3)27(18)9-11-36-12-10-27/h4-8,13,15H,9-12,14H2,1-3H3,(H2,28,35)(H,30,31). The summed E-state index contributed by atoms with van der Waals surface area (Å²) in [6, 6.07) is 12.0. The molecule has 9 heteroatoms. The monoisotopic (exact) mass is 483 g/mol. The van der Waals surface area contributed by atoms with Crippen LogP contribution in [0.15, 0.2) is 42.7 Å². The maximum Gasteiger partial charge on any atom is 0.269 e. The molecule has 0 saturated carbocycles. The topological polar surface area (TPSA) is 111 Å². The molecular formula is C27H29N7O2. The summed E-state index contributed by atoms with van der Waals surface area (Å²) in [5.74, 6) is 0.0588. The predicted octanol–water partition coefficient (Wildman–Crippen LogP) is 3.63. The highest BCUT2D eigenvalue weighted by molar-refractivity contribution is 5.99. The number of aromatic nitrogens is 4. The van der Waals surface area contributed by atoms with Crippen molar-refractivity contribution in [3.63, 3.8) is 0 Å². The molecule has 6 rings (SSSR count). The number of benzene rings is 1. The van der Waals surface area contributed by atoms with Crippen molar-refractivity contribution in [2.75, 3.05) is 25.6 Å². The van der Waals surface area contributed by atoms with Crippen LogP contribution in [0.1, 0.15) is 40.2 Å². The zero-order valence-corrected chi connectivity index (χ0v) is 20.7. The van der Waals surface area contributed by atoms with Crippen molar-refractivity contribution in [1.82, 2.24) is 24.4 Å². The minimum Gasteiger partial charge on any atom is -0.381 e. The van der Waals surface area contributed by atoms with Crippen molar-refractivity contribution in [2.24, 2.45) is 12.8 Å². The first-order valence-corrected chi connectivity index (χ1v) is 12.2. The second-order valence-electron chi connectivity index (χ2n) is 9.76. The molecule has 1 aromatic carbocycles. The van der Waals surface area contributed by atoms with Crippen molar-refractivity contribution >= 4 is 28.4 Å². The molecule has 1 fully saturated rings. The molecule has 1 saturated heterocycles. The SMILES string of the molecule is Cc1cc(Nc2ccc3c(n2)CN(C)C32CCOCC2)c(C(N)=O)nc1-c1cccc2c1ncn2C. The molecule has 5 heterocycles. The third-order valence-corrected chi connectivity index (χ3v) is 7.63. The van der Waals surface area contributed by atoms with Crippen LogP contribution in [0.2, 0.25) is 0 Å². The maximum absolute atomic E-state index is 12.5. The molecule has 0 aliphatic carbocycles. The van der Waals surface area contributed by atoms with E-state index < -0.39 is 5.91 Å². The minimum atomic E-state index is -0.603. The summed E-state index contributed by atoms with van der Waals surface area (Å²) in [6.45, 7) is 4.27. The first-order valence-electron chi connectivity index (χ1n) is 12.2. The Labute approximate surface area is 209 Å². The Kier molecular flexibility index (Phi) is 5.27. The summed E-state index contributed by atoms with van der Waals surface area (Å²) < 4.78 is 7.58. The van der Waals surface area contributed by atoms with E-state index in [1.165, 1.54) is 5.56 Å². The van der Waals surface area contributed by atoms with Crippen LogP contribution < -0.4 is 11.1 Å². The fourth-order valence-electron chi connectivity index (χ4n) is 5.71. The van der Waals surface area contributed by atoms with Crippen LogP contribution in [0, 0.1) is 6.92 Å². The number of nitrogens with zero attached hydrogens (tertiary/aromatic N) is 5. The minimum absolute atomic E-state index is 0.0101. The van der Waals surface area contributed by atoms with Gasteiger partial charge in [-0.3, -0.25) is 9.69 Å². The number of hydrogen-bond acceptors (Lipinski definition) is 7. The number of fused-ring (bicyclic) bond motifs is 3. The van der Waals surface area contributed by atoms with Crippen molar-refractivity contribution in [1.29, 1.82) is 0 Å². The third kappa shape index (κ3) is 3.46. The van der Waals surface area contributed by atoms with Crippen molar-refractivity contribution < 1.29 is 9.53 Å². The van der Waals surface area contributed by atoms with Gasteiger partial charge in [-0.15, -0.1) is 0 Å². The summed E-state index contributed by atoms with van der Waals surface area (Å²) in [6.07, 6.45) is 3.70. The quantitative estimate of drug-likeness (QED) is 0.456. The van der Waals surface area contributed by atoms with E-state index in [0.717, 1.165) is 60.5 Å². The number of imidazole rings is 1. The number of primary amides is 1. The molecule has 2 aliphatic rings. The van der Waals surface area contributed by atoms with E-state index in [2.05, 4.69) is 28.3 Å². The van der Waals surface area contributed by atoms with Gasteiger partial charge in [-0.1, -0.05) is 18.2 Å². The third-order valence-electron chi connectivity index (χ3n) is 7.63. The molecule has 36 heavy (non-hydrogen) atoms. The lowest BCUT2D eigenvalue weighted by Crippen LogP contribution is -2.43. The van der Waals surface area contributed by atoms with Crippen molar-refractivity contribution in [2.45, 2.75) is 31.8 Å². The molecule has 9 nitrogen and oxygen atoms in total. The lowest BCUT2D eigenvalue weighted by atomic mass is 9.84. The summed E-state index contributed by atoms with van der Waals surface area (Å²) in [5.41, 5.74) is 13.1. The molecule has 3 aromatic heterocycles. The first-order chi connectivity index (χ1) is 17.4. The van der Waals surface area contributed by atoms with Gasteiger partial charge in [0.1, 0.15) is 5.82 Å². The number of pyridine rings is 2. The first kappa shape index (κ1) is 22.6. The van der Waals surface area contributed by atoms with Gasteiger partial charge in [-0.2, -0.15) is 0 Å². The number of aryl methyl sites for hydroxylation is 2. The molecule has 0 atom stereocenters. The molecule has 1 amide bonds. The van der Waals surface area contributed by atoms with Crippen molar-refractivity contribution in [3.8, 4) is 11.3 Å². The fourth-order valence-corrected chi connectivity index (χ4v) is 5.71. The highest BCUT2D eigenvalue weighted by atomic mass is 16.5. The van der Waals surface area contributed by atoms with E-state index in [-0.39, 0.29) is 11.2 Å². The Hall–Kier alpha value is -3.82. The number of anilines is 2. The van der Waals surface area contributed by atoms with Crippen LogP contribution in [0.25, 0.3) is 22.3 Å². The maximum atomic E-state index is 12.5. The lowest BCUT2D eigenvalue weighted by molar-refractivity contribution is -0.0132. The molecule has 1 spiro atoms. The van der Waals surface area contributed by atoms with Gasteiger partial charge in [-0.25, -0.2) is 15.0 Å². The summed E-state index contributed by atoms with van der Waals surface area (Å²) >= 11 is 0. The predicted molar refractivity (Wildman–Crippen MR) is 138 cm³/mol. The zero-order valence-electron chi connectivity index (χ0n) is 20.7. The van der Waals surface area contributed by atoms with E-state index in [4.69, 9.17) is 20.4 Å². The summed E-state index contributed by atoms with van der Waals surface area (Å²) in [5, 5.41) is 3.31. The summed E-state index contributed by atoms with van der Waals surface area (Å²) in [7, 11) is 4.10. The summed E-state index contributed by atoms with van der Waals surface area (Å²) in [4.78, 5) is 29.0. The van der Waals surface area contributed by atoms with E-state index in [1.807, 2.05) is 48.9 Å². The fraction of sp³-hybridized carbons (Fsp3) is 0.333. The Morgan fingerprint density at radius 2 is 1.94 bits per heavy atom. The van der Waals surface area contributed by atoms with E-state index in [1.54, 1.807) is 6.33 Å². The van der Waals surface area contributed by atoms with E-state index >= 15 is 0 Å². The van der Waals surface area contributed by atoms with Gasteiger partial charge in [0.05, 0.1) is 40.0 Å². The van der Waals surface area contributed by atoms with E-state index in [9.17, 15) is 4.79 Å². The van der Waals surface area contributed by atoms with Crippen molar-refractivity contribution in [3.05, 3.63) is 65.2 Å². The van der Waals surface area contributed by atoms with Crippen LogP contribution >= 0.6 is 0 Å². The number of carbonyl (C=O) groups is 1. The van der Waals surface area contributed by atoms with E-state index in [0.29, 0.717) is 17.2 Å². The zero-order chi connectivity index (χ0) is 25.0. The smallest absolute Gasteiger partial charge is 0.269 e. The highest BCUT2D eigenvalue weighted by Crippen LogP contribution is 2.45. The number of para-hydroxylation sites is 1. The molecule has 184 valence electrons. The number of carbonyl (C=O) groups excluding carboxylic acids is 1. The van der Waals surface area contributed by atoms with Crippen LogP contribution in [0.4, 0.5) is 11.5 Å². The largest absolute Gasteiger partial charge is 0.381 e. The van der Waals surface area contributed by atoms with Gasteiger partial charge in [-0.05, 0) is 56.1 Å². The number of ether oxygens (including phenoxy) is 1. The second-order valence-corrected chi connectivity index (χ2v) is 9.76. The van der Waals surface area contributed by atoms with Crippen LogP contribution in [-0.2, 0) is 23.9 Å². The van der Waals surface area contributed by atoms with Crippen LogP contribution in [0.3, 0.4) is 0 Å². The van der Waals surface area contributed by atoms with Gasteiger partial charge in [0, 0.05) is 32.4 Å². The Morgan fingerprint density at radius 1 is 1.14 bits per heavy atom. The molecule has 4 aromatic rings. The molecule has 3 N–H and O–H groups in total. The van der Waals surface area contributed by atoms with Gasteiger partial charge < -0.3 is 20.4 Å². The van der Waals surface area contributed by atoms with Crippen LogP contribution in [0.5, 0.6) is 0 Å². The number of amides is 1. The number of hydrogen-bond donors (Lipinski definition) is 2. The Morgan fingerprint density at radius 3 is 2.72 bits per heavy atom. The van der Waals surface area contributed by atoms with Crippen LogP contribution in [-0.4, -0.2) is 50.6 Å². The number of nitrogens with one attached hydrogen (secondary N) is 1. The van der Waals surface area contributed by atoms with Gasteiger partial charge in [0.25, 0.3) is 5.91 Å². The molecule has 0 unspecified atom stereocenters. The average molecular weight is 484 g/mol. The molecule has 2 aliphatic heterocycles. The number of nitrogens with two attached hydrogens (primary N) is 1.